The molecule has 0 bridgehead atoms. The molecule has 2 amide bonds. The third-order valence-corrected chi connectivity index (χ3v) is 5.42. The summed E-state index contributed by atoms with van der Waals surface area (Å²) >= 11 is 0. The van der Waals surface area contributed by atoms with Crippen molar-refractivity contribution in [2.24, 2.45) is 11.7 Å². The molecule has 3 N–H and O–H groups in total. The second-order valence-electron chi connectivity index (χ2n) is 7.54. The molecule has 3 aromatic carbocycles. The molecule has 0 aliphatic carbocycles. The van der Waals surface area contributed by atoms with Crippen LogP contribution in [0.5, 0.6) is 0 Å². The van der Waals surface area contributed by atoms with E-state index in [0.717, 1.165) is 16.7 Å². The van der Waals surface area contributed by atoms with Crippen LogP contribution < -0.4 is 11.1 Å². The maximum atomic E-state index is 14.0. The summed E-state index contributed by atoms with van der Waals surface area (Å²) in [4.78, 5) is 26.2. The van der Waals surface area contributed by atoms with Crippen molar-refractivity contribution in [1.29, 1.82) is 5.26 Å². The fourth-order valence-electron chi connectivity index (χ4n) is 3.88. The van der Waals surface area contributed by atoms with Crippen LogP contribution in [-0.2, 0) is 15.0 Å². The minimum atomic E-state index is -1.20. The van der Waals surface area contributed by atoms with E-state index in [0.29, 0.717) is 0 Å². The standard InChI is InChI=1S/C26H25N3O2/c1-19(18-27)17-23(24(28)30)29-25(31)26(20-11-5-2-6-12-20,21-13-7-3-8-14-21)22-15-9-4-10-16-22/h2-16,19,23H,17H2,1H3,(H2,28,30)(H,29,31)/t19-,23+/m0/s1. The lowest BCUT2D eigenvalue weighted by atomic mass is 9.68. The molecular formula is C26H25N3O2. The molecule has 0 aliphatic heterocycles. The van der Waals surface area contributed by atoms with E-state index in [1.54, 1.807) is 6.92 Å². The monoisotopic (exact) mass is 411 g/mol. The van der Waals surface area contributed by atoms with Crippen molar-refractivity contribution in [3.05, 3.63) is 108 Å². The van der Waals surface area contributed by atoms with Gasteiger partial charge in [0, 0.05) is 5.92 Å². The van der Waals surface area contributed by atoms with E-state index < -0.39 is 23.3 Å². The van der Waals surface area contributed by atoms with Gasteiger partial charge in [-0.3, -0.25) is 9.59 Å². The molecule has 3 rings (SSSR count). The van der Waals surface area contributed by atoms with Crippen molar-refractivity contribution in [3.8, 4) is 6.07 Å². The summed E-state index contributed by atoms with van der Waals surface area (Å²) in [5.74, 6) is -1.47. The van der Waals surface area contributed by atoms with Crippen LogP contribution in [0.15, 0.2) is 91.0 Å². The van der Waals surface area contributed by atoms with Crippen molar-refractivity contribution in [3.63, 3.8) is 0 Å². The number of primary amides is 1. The third kappa shape index (κ3) is 4.49. The molecule has 0 radical (unpaired) electrons. The second-order valence-corrected chi connectivity index (χ2v) is 7.54. The molecule has 0 saturated carbocycles. The molecule has 3 aromatic rings. The van der Waals surface area contributed by atoms with Gasteiger partial charge >= 0.3 is 0 Å². The average molecular weight is 412 g/mol. The number of hydrogen-bond donors (Lipinski definition) is 2. The van der Waals surface area contributed by atoms with E-state index in [9.17, 15) is 14.9 Å². The van der Waals surface area contributed by atoms with Crippen molar-refractivity contribution in [2.45, 2.75) is 24.8 Å². The van der Waals surface area contributed by atoms with E-state index >= 15 is 0 Å². The highest BCUT2D eigenvalue weighted by atomic mass is 16.2. The summed E-state index contributed by atoms with van der Waals surface area (Å²) in [6.07, 6.45) is 0.145. The molecule has 0 heterocycles. The molecule has 0 fully saturated rings. The molecule has 0 aliphatic rings. The van der Waals surface area contributed by atoms with Crippen molar-refractivity contribution in [1.82, 2.24) is 5.32 Å². The van der Waals surface area contributed by atoms with Gasteiger partial charge in [-0.15, -0.1) is 0 Å². The average Bonchev–Trinajstić information content (AvgIpc) is 2.81. The minimum absolute atomic E-state index is 0.145. The van der Waals surface area contributed by atoms with Crippen LogP contribution in [0.1, 0.15) is 30.0 Å². The van der Waals surface area contributed by atoms with Gasteiger partial charge in [0.05, 0.1) is 6.07 Å². The quantitative estimate of drug-likeness (QED) is 0.555. The topological polar surface area (TPSA) is 96.0 Å². The predicted octanol–water partition coefficient (Wildman–Crippen LogP) is 3.54. The molecule has 5 heteroatoms. The Morgan fingerprint density at radius 3 is 1.58 bits per heavy atom. The van der Waals surface area contributed by atoms with Crippen molar-refractivity contribution >= 4 is 11.8 Å². The Balaban J connectivity index is 2.21. The molecule has 0 aromatic heterocycles. The Morgan fingerprint density at radius 1 is 0.871 bits per heavy atom. The van der Waals surface area contributed by atoms with Gasteiger partial charge in [0.2, 0.25) is 11.8 Å². The zero-order valence-electron chi connectivity index (χ0n) is 17.4. The Kier molecular flexibility index (Phi) is 6.84. The zero-order chi connectivity index (χ0) is 22.3. The first-order valence-electron chi connectivity index (χ1n) is 10.2. The number of amides is 2. The van der Waals surface area contributed by atoms with Crippen LogP contribution in [0.25, 0.3) is 0 Å². The van der Waals surface area contributed by atoms with Crippen molar-refractivity contribution in [2.75, 3.05) is 0 Å². The number of nitrogens with two attached hydrogens (primary N) is 1. The molecule has 2 atom stereocenters. The first-order valence-corrected chi connectivity index (χ1v) is 10.2. The Morgan fingerprint density at radius 2 is 1.26 bits per heavy atom. The number of hydrogen-bond acceptors (Lipinski definition) is 3. The highest BCUT2D eigenvalue weighted by Crippen LogP contribution is 2.39. The van der Waals surface area contributed by atoms with E-state index in [1.807, 2.05) is 91.0 Å². The molecule has 156 valence electrons. The largest absolute Gasteiger partial charge is 0.368 e. The van der Waals surface area contributed by atoms with Gasteiger partial charge in [0.1, 0.15) is 11.5 Å². The molecule has 5 nitrogen and oxygen atoms in total. The van der Waals surface area contributed by atoms with Crippen LogP contribution in [0.2, 0.25) is 0 Å². The number of carbonyl (C=O) groups is 2. The summed E-state index contributed by atoms with van der Waals surface area (Å²) < 4.78 is 0. The lowest BCUT2D eigenvalue weighted by molar-refractivity contribution is -0.129. The fraction of sp³-hybridized carbons (Fsp3) is 0.192. The van der Waals surface area contributed by atoms with Gasteiger partial charge in [-0.2, -0.15) is 5.26 Å². The van der Waals surface area contributed by atoms with Gasteiger partial charge < -0.3 is 11.1 Å². The number of rotatable bonds is 8. The predicted molar refractivity (Wildman–Crippen MR) is 120 cm³/mol. The molecule has 31 heavy (non-hydrogen) atoms. The highest BCUT2D eigenvalue weighted by Gasteiger charge is 2.44. The maximum Gasteiger partial charge on any atom is 0.240 e. The Bertz CT molecular complexity index is 963. The zero-order valence-corrected chi connectivity index (χ0v) is 17.4. The van der Waals surface area contributed by atoms with Gasteiger partial charge in [0.25, 0.3) is 0 Å². The number of benzene rings is 3. The van der Waals surface area contributed by atoms with Crippen LogP contribution in [0.3, 0.4) is 0 Å². The van der Waals surface area contributed by atoms with Gasteiger partial charge in [0.15, 0.2) is 0 Å². The minimum Gasteiger partial charge on any atom is -0.368 e. The Hall–Kier alpha value is -3.91. The van der Waals surface area contributed by atoms with Crippen LogP contribution in [0, 0.1) is 17.2 Å². The SMILES string of the molecule is C[C@H](C#N)C[C@@H](NC(=O)C(c1ccccc1)(c1ccccc1)c1ccccc1)C(N)=O. The summed E-state index contributed by atoms with van der Waals surface area (Å²) in [6, 6.07) is 29.5. The van der Waals surface area contributed by atoms with Crippen molar-refractivity contribution < 1.29 is 9.59 Å². The molecule has 0 unspecified atom stereocenters. The van der Waals surface area contributed by atoms with E-state index in [-0.39, 0.29) is 12.3 Å². The first kappa shape index (κ1) is 21.8. The van der Waals surface area contributed by atoms with E-state index in [1.165, 1.54) is 0 Å². The smallest absolute Gasteiger partial charge is 0.240 e. The Labute approximate surface area is 182 Å². The summed E-state index contributed by atoms with van der Waals surface area (Å²) in [6.45, 7) is 1.70. The second kappa shape index (κ2) is 9.73. The van der Waals surface area contributed by atoms with Gasteiger partial charge in [-0.05, 0) is 30.0 Å². The number of nitrogens with one attached hydrogen (secondary N) is 1. The third-order valence-electron chi connectivity index (χ3n) is 5.42. The van der Waals surface area contributed by atoms with Crippen LogP contribution in [-0.4, -0.2) is 17.9 Å². The summed E-state index contributed by atoms with van der Waals surface area (Å²) in [5.41, 5.74) is 6.68. The molecule has 0 saturated heterocycles. The van der Waals surface area contributed by atoms with Crippen LogP contribution >= 0.6 is 0 Å². The number of nitriles is 1. The summed E-state index contributed by atoms with van der Waals surface area (Å²) in [7, 11) is 0. The number of nitrogens with zero attached hydrogens (tertiary/aromatic N) is 1. The fourth-order valence-corrected chi connectivity index (χ4v) is 3.88. The van der Waals surface area contributed by atoms with Gasteiger partial charge in [-0.25, -0.2) is 0 Å². The van der Waals surface area contributed by atoms with E-state index in [4.69, 9.17) is 5.73 Å². The van der Waals surface area contributed by atoms with Gasteiger partial charge in [-0.1, -0.05) is 91.0 Å². The van der Waals surface area contributed by atoms with Crippen LogP contribution in [0.4, 0.5) is 0 Å². The number of carbonyl (C=O) groups excluding carboxylic acids is 2. The lowest BCUT2D eigenvalue weighted by Gasteiger charge is -2.35. The van der Waals surface area contributed by atoms with E-state index in [2.05, 4.69) is 11.4 Å². The maximum absolute atomic E-state index is 14.0. The normalized spacial score (nSPS) is 12.9. The first-order chi connectivity index (χ1) is 15.0. The summed E-state index contributed by atoms with van der Waals surface area (Å²) in [5, 5.41) is 12.0. The lowest BCUT2D eigenvalue weighted by Crippen LogP contribution is -2.53. The highest BCUT2D eigenvalue weighted by molar-refractivity contribution is 5.98. The molecule has 0 spiro atoms. The molecular weight excluding hydrogens is 386 g/mol.